The van der Waals surface area contributed by atoms with Crippen LogP contribution in [0.4, 0.5) is 17.6 Å². The number of aromatic hydroxyl groups is 1. The summed E-state index contributed by atoms with van der Waals surface area (Å²) in [5.74, 6) is -3.52. The van der Waals surface area contributed by atoms with E-state index in [2.05, 4.69) is 0 Å². The Hall–Kier alpha value is -2.53. The van der Waals surface area contributed by atoms with Gasteiger partial charge >= 0.3 is 11.5 Å². The van der Waals surface area contributed by atoms with Crippen LogP contribution in [0, 0.1) is 12.7 Å². The van der Waals surface area contributed by atoms with Gasteiger partial charge in [-0.15, -0.1) is 11.3 Å². The number of carbonyl (C=O) groups excluding carboxylic acids is 2. The first-order valence-corrected chi connectivity index (χ1v) is 9.29. The molecule has 2 heterocycles. The molecule has 0 amide bonds. The van der Waals surface area contributed by atoms with E-state index < -0.39 is 29.0 Å². The average Bonchev–Trinajstić information content (AvgIpc) is 3.12. The van der Waals surface area contributed by atoms with Gasteiger partial charge in [0.05, 0.1) is 26.4 Å². The van der Waals surface area contributed by atoms with Crippen LogP contribution in [0.15, 0.2) is 27.8 Å². The Morgan fingerprint density at radius 3 is 2.57 bits per heavy atom. The molecule has 1 aromatic carbocycles. The van der Waals surface area contributed by atoms with Gasteiger partial charge in [0.25, 0.3) is 5.91 Å². The minimum absolute atomic E-state index is 0.00488. The van der Waals surface area contributed by atoms with E-state index >= 15 is 0 Å². The Balaban J connectivity index is 2.15. The Kier molecular flexibility index (Phi) is 5.15. The second kappa shape index (κ2) is 7.13. The summed E-state index contributed by atoms with van der Waals surface area (Å²) in [6.45, 7) is 2.48. The summed E-state index contributed by atoms with van der Waals surface area (Å²) in [4.78, 5) is 24.3. The van der Waals surface area contributed by atoms with E-state index in [4.69, 9.17) is 4.74 Å². The van der Waals surface area contributed by atoms with Crippen molar-refractivity contribution in [2.45, 2.75) is 23.6 Å². The molecule has 5 nitrogen and oxygen atoms in total. The number of alkyl halides is 3. The van der Waals surface area contributed by atoms with Crippen molar-refractivity contribution < 1.29 is 37.0 Å². The fraction of sp³-hybridized carbons (Fsp3) is 0.176. The minimum Gasteiger partial charge on any atom is -0.505 e. The van der Waals surface area contributed by atoms with Gasteiger partial charge in [-0.25, -0.2) is 4.39 Å². The summed E-state index contributed by atoms with van der Waals surface area (Å²) in [5, 5.41) is 10.6. The topological polar surface area (TPSA) is 68.5 Å². The van der Waals surface area contributed by atoms with E-state index in [1.54, 1.807) is 0 Å². The van der Waals surface area contributed by atoms with E-state index in [1.165, 1.54) is 18.4 Å². The summed E-state index contributed by atoms with van der Waals surface area (Å²) >= 11 is 0.398. The van der Waals surface area contributed by atoms with Crippen LogP contribution in [-0.4, -0.2) is 27.1 Å². The Morgan fingerprint density at radius 1 is 1.29 bits per heavy atom. The summed E-state index contributed by atoms with van der Waals surface area (Å²) in [7, 11) is 0. The summed E-state index contributed by atoms with van der Waals surface area (Å²) in [6, 6.07) is 3.36. The van der Waals surface area contributed by atoms with E-state index in [-0.39, 0.29) is 43.9 Å². The highest BCUT2D eigenvalue weighted by molar-refractivity contribution is 8.01. The molecule has 0 saturated heterocycles. The first kappa shape index (κ1) is 20.2. The van der Waals surface area contributed by atoms with Crippen molar-refractivity contribution in [1.82, 2.24) is 4.57 Å². The number of thioether (sulfide) groups is 1. The zero-order valence-electron chi connectivity index (χ0n) is 14.3. The molecule has 0 aliphatic heterocycles. The van der Waals surface area contributed by atoms with Crippen LogP contribution in [0.3, 0.4) is 0 Å². The first-order chi connectivity index (χ1) is 13.0. The maximum absolute atomic E-state index is 14.5. The van der Waals surface area contributed by atoms with Crippen molar-refractivity contribution >= 4 is 45.9 Å². The van der Waals surface area contributed by atoms with Crippen LogP contribution in [-0.2, 0) is 4.79 Å². The van der Waals surface area contributed by atoms with Gasteiger partial charge in [-0.05, 0) is 36.9 Å². The molecule has 0 aliphatic rings. The van der Waals surface area contributed by atoms with Crippen molar-refractivity contribution in [3.8, 4) is 11.5 Å². The van der Waals surface area contributed by atoms with Crippen molar-refractivity contribution in [1.29, 1.82) is 0 Å². The maximum Gasteiger partial charge on any atom is 0.447 e. The van der Waals surface area contributed by atoms with E-state index in [0.29, 0.717) is 0 Å². The van der Waals surface area contributed by atoms with Crippen molar-refractivity contribution in [3.05, 3.63) is 40.7 Å². The van der Waals surface area contributed by atoms with Gasteiger partial charge in [0.1, 0.15) is 0 Å². The number of fused-ring (bicyclic) bond motifs is 1. The highest BCUT2D eigenvalue weighted by Gasteiger charge is 2.31. The highest BCUT2D eigenvalue weighted by Crippen LogP contribution is 2.41. The quantitative estimate of drug-likeness (QED) is 0.354. The lowest BCUT2D eigenvalue weighted by Gasteiger charge is -2.06. The molecule has 28 heavy (non-hydrogen) atoms. The van der Waals surface area contributed by atoms with Crippen LogP contribution in [0.1, 0.15) is 23.0 Å². The number of aromatic nitrogens is 1. The standard InChI is InChI=1S/C17H11F4NO4S2/c1-7-15(26-8(2)23)13-10(3-4-11(24)14(13)18)22(7)16(25)9-5-12(27-6-9)28-17(19,20)21/h3-6,24H,1-2H3. The first-order valence-electron chi connectivity index (χ1n) is 7.59. The predicted octanol–water partition coefficient (Wildman–Crippen LogP) is 5.08. The van der Waals surface area contributed by atoms with Gasteiger partial charge in [0.2, 0.25) is 0 Å². The molecule has 0 spiro atoms. The molecule has 2 aromatic heterocycles. The van der Waals surface area contributed by atoms with Gasteiger partial charge in [0, 0.05) is 12.3 Å². The molecule has 0 saturated carbocycles. The third-order valence-corrected chi connectivity index (χ3v) is 5.53. The molecule has 0 unspecified atom stereocenters. The Labute approximate surface area is 163 Å². The van der Waals surface area contributed by atoms with Gasteiger partial charge in [-0.1, -0.05) is 0 Å². The monoisotopic (exact) mass is 433 g/mol. The number of esters is 1. The van der Waals surface area contributed by atoms with Crippen molar-refractivity contribution in [2.75, 3.05) is 0 Å². The molecule has 3 rings (SSSR count). The molecule has 0 bridgehead atoms. The van der Waals surface area contributed by atoms with Crippen LogP contribution in [0.25, 0.3) is 10.9 Å². The molecule has 0 aliphatic carbocycles. The number of ether oxygens (including phenoxy) is 1. The molecule has 11 heteroatoms. The number of halogens is 4. The van der Waals surface area contributed by atoms with E-state index in [0.717, 1.165) is 35.0 Å². The number of phenolic OH excluding ortho intramolecular Hbond substituents is 1. The Bertz CT molecular complexity index is 1100. The van der Waals surface area contributed by atoms with E-state index in [1.807, 2.05) is 0 Å². The maximum atomic E-state index is 14.5. The predicted molar refractivity (Wildman–Crippen MR) is 95.6 cm³/mol. The van der Waals surface area contributed by atoms with Gasteiger partial charge in [-0.2, -0.15) is 13.2 Å². The van der Waals surface area contributed by atoms with Gasteiger partial charge in [0.15, 0.2) is 17.3 Å². The number of carbonyl (C=O) groups is 2. The third kappa shape index (κ3) is 3.72. The zero-order valence-corrected chi connectivity index (χ0v) is 15.9. The second-order valence-electron chi connectivity index (χ2n) is 5.64. The smallest absolute Gasteiger partial charge is 0.447 e. The molecule has 3 aromatic rings. The summed E-state index contributed by atoms with van der Waals surface area (Å²) in [6.07, 6.45) is 0. The molecule has 1 N–H and O–H groups in total. The Morgan fingerprint density at radius 2 is 1.96 bits per heavy atom. The number of hydrogen-bond donors (Lipinski definition) is 1. The van der Waals surface area contributed by atoms with Gasteiger partial charge in [-0.3, -0.25) is 14.2 Å². The SMILES string of the molecule is CC(=O)Oc1c(C)n(C(=O)c2csc(SC(F)(F)F)c2)c2ccc(O)c(F)c12. The number of rotatable bonds is 3. The second-order valence-corrected chi connectivity index (χ2v) is 7.92. The third-order valence-electron chi connectivity index (χ3n) is 3.72. The fourth-order valence-electron chi connectivity index (χ4n) is 2.68. The van der Waals surface area contributed by atoms with Crippen LogP contribution >= 0.6 is 23.1 Å². The average molecular weight is 433 g/mol. The number of hydrogen-bond acceptors (Lipinski definition) is 6. The van der Waals surface area contributed by atoms with Crippen LogP contribution in [0.2, 0.25) is 0 Å². The zero-order chi connectivity index (χ0) is 20.8. The number of phenols is 1. The highest BCUT2D eigenvalue weighted by atomic mass is 32.2. The normalized spacial score (nSPS) is 11.8. The van der Waals surface area contributed by atoms with Crippen LogP contribution in [0.5, 0.6) is 11.5 Å². The van der Waals surface area contributed by atoms with Crippen molar-refractivity contribution in [3.63, 3.8) is 0 Å². The molecular weight excluding hydrogens is 422 g/mol. The molecule has 148 valence electrons. The van der Waals surface area contributed by atoms with Crippen LogP contribution < -0.4 is 4.74 Å². The number of thiophene rings is 1. The number of benzene rings is 1. The molecule has 0 radical (unpaired) electrons. The molecule has 0 atom stereocenters. The number of nitrogens with zero attached hydrogens (tertiary/aromatic N) is 1. The van der Waals surface area contributed by atoms with Gasteiger partial charge < -0.3 is 9.84 Å². The lowest BCUT2D eigenvalue weighted by atomic mass is 10.2. The lowest BCUT2D eigenvalue weighted by molar-refractivity contribution is -0.131. The minimum atomic E-state index is -4.50. The molecular formula is C17H11F4NO4S2. The summed E-state index contributed by atoms with van der Waals surface area (Å²) < 4.78 is 57.9. The van der Waals surface area contributed by atoms with E-state index in [9.17, 15) is 32.3 Å². The molecule has 0 fully saturated rings. The largest absolute Gasteiger partial charge is 0.505 e. The summed E-state index contributed by atoms with van der Waals surface area (Å²) in [5.41, 5.74) is -4.47. The fourth-order valence-corrected chi connectivity index (χ4v) is 4.32. The van der Waals surface area contributed by atoms with Crippen molar-refractivity contribution in [2.24, 2.45) is 0 Å². The lowest BCUT2D eigenvalue weighted by Crippen LogP contribution is -2.13.